The summed E-state index contributed by atoms with van der Waals surface area (Å²) in [5.74, 6) is 0.294. The number of hydrogen-bond acceptors (Lipinski definition) is 6. The fourth-order valence-corrected chi connectivity index (χ4v) is 3.89. The third kappa shape index (κ3) is 4.92. The van der Waals surface area contributed by atoms with Crippen LogP contribution in [0.5, 0.6) is 0 Å². The molecule has 3 aromatic rings. The Hall–Kier alpha value is -4.00. The van der Waals surface area contributed by atoms with E-state index in [0.29, 0.717) is 29.8 Å². The molecule has 1 aliphatic rings. The summed E-state index contributed by atoms with van der Waals surface area (Å²) in [6, 6.07) is 9.75. The molecular formula is C23H19F3N6O. The Labute approximate surface area is 187 Å². The van der Waals surface area contributed by atoms with Crippen LogP contribution < -0.4 is 10.2 Å². The molecule has 4 rings (SSSR count). The first-order valence-electron chi connectivity index (χ1n) is 10.2. The van der Waals surface area contributed by atoms with Crippen molar-refractivity contribution >= 4 is 17.4 Å². The Morgan fingerprint density at radius 1 is 1.21 bits per heavy atom. The van der Waals surface area contributed by atoms with Crippen LogP contribution in [0.2, 0.25) is 0 Å². The summed E-state index contributed by atoms with van der Waals surface area (Å²) in [6.07, 6.45) is -0.469. The van der Waals surface area contributed by atoms with Crippen LogP contribution in [0.3, 0.4) is 0 Å². The highest BCUT2D eigenvalue weighted by atomic mass is 19.4. The minimum absolute atomic E-state index is 0.0268. The van der Waals surface area contributed by atoms with E-state index >= 15 is 0 Å². The lowest BCUT2D eigenvalue weighted by atomic mass is 9.92. The van der Waals surface area contributed by atoms with Crippen LogP contribution in [-0.2, 0) is 6.18 Å². The van der Waals surface area contributed by atoms with Crippen molar-refractivity contribution < 1.29 is 18.0 Å². The molecule has 7 nitrogen and oxygen atoms in total. The molecule has 168 valence electrons. The van der Waals surface area contributed by atoms with Gasteiger partial charge in [-0.05, 0) is 42.7 Å². The third-order valence-corrected chi connectivity index (χ3v) is 5.58. The van der Waals surface area contributed by atoms with E-state index in [9.17, 15) is 18.0 Å². The number of amides is 1. The van der Waals surface area contributed by atoms with Gasteiger partial charge in [-0.2, -0.15) is 18.4 Å². The smallest absolute Gasteiger partial charge is 0.356 e. The number of aryl methyl sites for hydroxylation is 1. The molecule has 1 fully saturated rings. The largest absolute Gasteiger partial charge is 0.417 e. The SMILES string of the molecule is Cc1ccc(C(=O)Nc2cncc(C(F)(F)F)c2)cc1[C@@H]1CCN(c2cc(C#N)ncn2)C1. The van der Waals surface area contributed by atoms with Crippen molar-refractivity contribution in [1.29, 1.82) is 5.26 Å². The van der Waals surface area contributed by atoms with Crippen molar-refractivity contribution in [3.05, 3.63) is 77.0 Å². The molecule has 3 heterocycles. The molecule has 0 aliphatic carbocycles. The van der Waals surface area contributed by atoms with Crippen molar-refractivity contribution in [2.75, 3.05) is 23.3 Å². The van der Waals surface area contributed by atoms with Gasteiger partial charge in [0.05, 0.1) is 17.4 Å². The zero-order chi connectivity index (χ0) is 23.6. The molecule has 33 heavy (non-hydrogen) atoms. The van der Waals surface area contributed by atoms with Gasteiger partial charge in [0.1, 0.15) is 23.9 Å². The number of halogens is 3. The van der Waals surface area contributed by atoms with E-state index in [2.05, 4.69) is 25.2 Å². The lowest BCUT2D eigenvalue weighted by molar-refractivity contribution is -0.137. The summed E-state index contributed by atoms with van der Waals surface area (Å²) in [6.45, 7) is 3.35. The predicted octanol–water partition coefficient (Wildman–Crippen LogP) is 4.32. The monoisotopic (exact) mass is 452 g/mol. The zero-order valence-corrected chi connectivity index (χ0v) is 17.6. The molecule has 1 amide bonds. The second-order valence-corrected chi connectivity index (χ2v) is 7.79. The van der Waals surface area contributed by atoms with Gasteiger partial charge in [0.25, 0.3) is 5.91 Å². The summed E-state index contributed by atoms with van der Waals surface area (Å²) in [7, 11) is 0. The fraction of sp³-hybridized carbons (Fsp3) is 0.261. The molecule has 0 bridgehead atoms. The standard InChI is InChI=1S/C23H19F3N6O/c1-14-2-3-15(22(33)31-19-7-17(10-28-11-19)23(24,25)26)6-20(14)16-4-5-32(12-16)21-8-18(9-27)29-13-30-21/h2-3,6-8,10-11,13,16H,4-5,12H2,1H3,(H,31,33)/t16-/m1/s1. The number of carbonyl (C=O) groups is 1. The van der Waals surface area contributed by atoms with Gasteiger partial charge in [0, 0.05) is 36.8 Å². The number of hydrogen-bond donors (Lipinski definition) is 1. The maximum absolute atomic E-state index is 12.9. The number of benzene rings is 1. The van der Waals surface area contributed by atoms with Crippen LogP contribution in [0.4, 0.5) is 24.7 Å². The van der Waals surface area contributed by atoms with Crippen molar-refractivity contribution in [3.8, 4) is 6.07 Å². The summed E-state index contributed by atoms with van der Waals surface area (Å²) >= 11 is 0. The molecule has 0 radical (unpaired) electrons. The lowest BCUT2D eigenvalue weighted by Gasteiger charge is -2.19. The minimum Gasteiger partial charge on any atom is -0.356 e. The topological polar surface area (TPSA) is 94.8 Å². The molecule has 1 aliphatic heterocycles. The van der Waals surface area contributed by atoms with E-state index < -0.39 is 17.6 Å². The Balaban J connectivity index is 1.51. The van der Waals surface area contributed by atoms with Gasteiger partial charge in [-0.1, -0.05) is 6.07 Å². The van der Waals surface area contributed by atoms with E-state index in [0.717, 1.165) is 30.2 Å². The van der Waals surface area contributed by atoms with Crippen molar-refractivity contribution in [2.45, 2.75) is 25.4 Å². The summed E-state index contributed by atoms with van der Waals surface area (Å²) in [5.41, 5.74) is 1.69. The van der Waals surface area contributed by atoms with E-state index in [1.807, 2.05) is 19.1 Å². The molecule has 1 N–H and O–H groups in total. The number of nitriles is 1. The second kappa shape index (κ2) is 8.86. The van der Waals surface area contributed by atoms with Gasteiger partial charge in [-0.15, -0.1) is 0 Å². The molecule has 0 unspecified atom stereocenters. The van der Waals surface area contributed by atoms with Gasteiger partial charge in [-0.25, -0.2) is 9.97 Å². The van der Waals surface area contributed by atoms with Gasteiger partial charge in [0.15, 0.2) is 0 Å². The maximum atomic E-state index is 12.9. The maximum Gasteiger partial charge on any atom is 0.417 e. The second-order valence-electron chi connectivity index (χ2n) is 7.79. The van der Waals surface area contributed by atoms with Crippen molar-refractivity contribution in [3.63, 3.8) is 0 Å². The highest BCUT2D eigenvalue weighted by molar-refractivity contribution is 6.04. The normalized spacial score (nSPS) is 15.8. The Kier molecular flexibility index (Phi) is 5.96. The molecule has 0 saturated carbocycles. The van der Waals surface area contributed by atoms with Crippen LogP contribution in [-0.4, -0.2) is 33.9 Å². The Bertz CT molecular complexity index is 1240. The van der Waals surface area contributed by atoms with Crippen LogP contribution in [0.1, 0.15) is 45.1 Å². The number of nitrogens with zero attached hydrogens (tertiary/aromatic N) is 5. The lowest BCUT2D eigenvalue weighted by Crippen LogP contribution is -2.21. The Morgan fingerprint density at radius 2 is 2.03 bits per heavy atom. The first-order valence-corrected chi connectivity index (χ1v) is 10.2. The number of nitrogens with one attached hydrogen (secondary N) is 1. The van der Waals surface area contributed by atoms with Crippen LogP contribution >= 0.6 is 0 Å². The quantitative estimate of drug-likeness (QED) is 0.634. The molecule has 2 aromatic heterocycles. The van der Waals surface area contributed by atoms with Gasteiger partial charge >= 0.3 is 6.18 Å². The summed E-state index contributed by atoms with van der Waals surface area (Å²) in [4.78, 5) is 26.5. The number of alkyl halides is 3. The molecule has 1 saturated heterocycles. The average Bonchev–Trinajstić information content (AvgIpc) is 3.29. The molecule has 1 aromatic carbocycles. The van der Waals surface area contributed by atoms with Gasteiger partial charge in [-0.3, -0.25) is 9.78 Å². The van der Waals surface area contributed by atoms with Crippen LogP contribution in [0.15, 0.2) is 49.1 Å². The van der Waals surface area contributed by atoms with E-state index in [1.54, 1.807) is 18.2 Å². The number of anilines is 2. The molecular weight excluding hydrogens is 433 g/mol. The zero-order valence-electron chi connectivity index (χ0n) is 17.6. The first kappa shape index (κ1) is 22.2. The van der Waals surface area contributed by atoms with E-state index in [-0.39, 0.29) is 11.6 Å². The van der Waals surface area contributed by atoms with E-state index in [1.165, 1.54) is 12.5 Å². The average molecular weight is 452 g/mol. The molecule has 0 spiro atoms. The van der Waals surface area contributed by atoms with E-state index in [4.69, 9.17) is 5.26 Å². The van der Waals surface area contributed by atoms with Crippen LogP contribution in [0, 0.1) is 18.3 Å². The Morgan fingerprint density at radius 3 is 2.79 bits per heavy atom. The summed E-state index contributed by atoms with van der Waals surface area (Å²) < 4.78 is 38.7. The number of pyridine rings is 1. The summed E-state index contributed by atoms with van der Waals surface area (Å²) in [5, 5.41) is 11.6. The molecule has 10 heteroatoms. The number of aromatic nitrogens is 3. The third-order valence-electron chi connectivity index (χ3n) is 5.58. The number of rotatable bonds is 4. The minimum atomic E-state index is -4.54. The van der Waals surface area contributed by atoms with Gasteiger partial charge in [0.2, 0.25) is 0 Å². The first-order chi connectivity index (χ1) is 15.7. The van der Waals surface area contributed by atoms with Crippen molar-refractivity contribution in [2.24, 2.45) is 0 Å². The molecule has 1 atom stereocenters. The number of carbonyl (C=O) groups excluding carboxylic acids is 1. The predicted molar refractivity (Wildman–Crippen MR) is 115 cm³/mol. The highest BCUT2D eigenvalue weighted by Gasteiger charge is 2.31. The fourth-order valence-electron chi connectivity index (χ4n) is 3.89. The van der Waals surface area contributed by atoms with Crippen LogP contribution in [0.25, 0.3) is 0 Å². The van der Waals surface area contributed by atoms with Crippen molar-refractivity contribution in [1.82, 2.24) is 15.0 Å². The highest BCUT2D eigenvalue weighted by Crippen LogP contribution is 2.33. The van der Waals surface area contributed by atoms with Gasteiger partial charge < -0.3 is 10.2 Å².